The van der Waals surface area contributed by atoms with Crippen LogP contribution in [0.2, 0.25) is 0 Å². The van der Waals surface area contributed by atoms with Crippen molar-refractivity contribution in [3.63, 3.8) is 0 Å². The van der Waals surface area contributed by atoms with Crippen molar-refractivity contribution in [3.05, 3.63) is 58.3 Å². The van der Waals surface area contributed by atoms with Gasteiger partial charge in [-0.1, -0.05) is 21.2 Å². The molecule has 6 nitrogen and oxygen atoms in total. The van der Waals surface area contributed by atoms with Gasteiger partial charge in [-0.25, -0.2) is 14.3 Å². The molecule has 0 radical (unpaired) electrons. The number of benzene rings is 2. The number of aryl methyl sites for hydroxylation is 1. The summed E-state index contributed by atoms with van der Waals surface area (Å²) in [6.45, 7) is 1.92. The number of rotatable bonds is 2. The van der Waals surface area contributed by atoms with Crippen molar-refractivity contribution in [1.82, 2.24) is 0 Å². The Morgan fingerprint density at radius 1 is 1.04 bits per heavy atom. The number of hydrogen-bond donors (Lipinski definition) is 0. The summed E-state index contributed by atoms with van der Waals surface area (Å²) in [6.07, 6.45) is 0. The Balaban J connectivity index is 1.70. The highest BCUT2D eigenvalue weighted by atomic mass is 79.9. The van der Waals surface area contributed by atoms with Crippen LogP contribution in [-0.2, 0) is 9.59 Å². The number of nitrogens with zero attached hydrogens (tertiary/aromatic N) is 4. The van der Waals surface area contributed by atoms with Crippen LogP contribution in [0, 0.1) is 12.7 Å². The second-order valence-corrected chi connectivity index (χ2v) is 6.72. The maximum absolute atomic E-state index is 13.1. The van der Waals surface area contributed by atoms with E-state index in [-0.39, 0.29) is 0 Å². The van der Waals surface area contributed by atoms with E-state index in [9.17, 15) is 14.0 Å². The van der Waals surface area contributed by atoms with Gasteiger partial charge in [0.1, 0.15) is 5.82 Å². The molecule has 1 saturated heterocycles. The fraction of sp³-hybridized carbons (Fsp3) is 0.176. The van der Waals surface area contributed by atoms with E-state index in [1.165, 1.54) is 29.3 Å². The van der Waals surface area contributed by atoms with Gasteiger partial charge < -0.3 is 0 Å². The summed E-state index contributed by atoms with van der Waals surface area (Å²) in [4.78, 5) is 26.5. The molecule has 2 amide bonds. The molecule has 8 heteroatoms. The number of imide groups is 1. The molecule has 0 saturated carbocycles. The fourth-order valence-electron chi connectivity index (χ4n) is 2.99. The first-order chi connectivity index (χ1) is 12.0. The number of carbonyl (C=O) groups excluding carboxylic acids is 2. The highest BCUT2D eigenvalue weighted by Gasteiger charge is 2.55. The molecule has 0 spiro atoms. The quantitative estimate of drug-likeness (QED) is 0.723. The zero-order valence-electron chi connectivity index (χ0n) is 13.1. The molecular formula is C17H12BrFN4O2. The van der Waals surface area contributed by atoms with Gasteiger partial charge in [-0.2, -0.15) is 5.11 Å². The largest absolute Gasteiger partial charge is 0.271 e. The Labute approximate surface area is 151 Å². The normalized spacial score (nSPS) is 22.0. The lowest BCUT2D eigenvalue weighted by Crippen LogP contribution is -2.39. The summed E-state index contributed by atoms with van der Waals surface area (Å²) in [5, 5.41) is 9.47. The third-order valence-electron chi connectivity index (χ3n) is 4.27. The van der Waals surface area contributed by atoms with Gasteiger partial charge >= 0.3 is 0 Å². The van der Waals surface area contributed by atoms with Crippen molar-refractivity contribution in [2.24, 2.45) is 10.3 Å². The number of amides is 2. The van der Waals surface area contributed by atoms with Gasteiger partial charge in [0.25, 0.3) is 11.8 Å². The van der Waals surface area contributed by atoms with Crippen molar-refractivity contribution in [3.8, 4) is 0 Å². The predicted octanol–water partition coefficient (Wildman–Crippen LogP) is 3.39. The molecular weight excluding hydrogens is 391 g/mol. The van der Waals surface area contributed by atoms with E-state index in [4.69, 9.17) is 0 Å². The standard InChI is InChI=1S/C17H12BrFN4O2/c1-9-8-12(6-7-13(9)18)23-15-14(20-21-23)16(24)22(17(15)25)11-4-2-10(19)3-5-11/h2-8,14-15H,1H3/t14-,15-/m0/s1. The van der Waals surface area contributed by atoms with Crippen molar-refractivity contribution >= 4 is 39.1 Å². The van der Waals surface area contributed by atoms with E-state index < -0.39 is 29.7 Å². The molecule has 25 heavy (non-hydrogen) atoms. The van der Waals surface area contributed by atoms with E-state index in [1.54, 1.807) is 6.07 Å². The van der Waals surface area contributed by atoms with Crippen LogP contribution in [0.4, 0.5) is 15.8 Å². The Hall–Kier alpha value is -2.61. The maximum Gasteiger partial charge on any atom is 0.263 e. The summed E-state index contributed by atoms with van der Waals surface area (Å²) in [6, 6.07) is 9.03. The first-order valence-corrected chi connectivity index (χ1v) is 8.36. The molecule has 0 aromatic heterocycles. The van der Waals surface area contributed by atoms with Gasteiger partial charge in [0.2, 0.25) is 0 Å². The minimum Gasteiger partial charge on any atom is -0.271 e. The van der Waals surface area contributed by atoms with Crippen LogP contribution in [0.5, 0.6) is 0 Å². The Kier molecular flexibility index (Phi) is 3.64. The van der Waals surface area contributed by atoms with Crippen LogP contribution in [-0.4, -0.2) is 23.9 Å². The van der Waals surface area contributed by atoms with Gasteiger partial charge in [-0.05, 0) is 55.0 Å². The number of anilines is 2. The lowest BCUT2D eigenvalue weighted by molar-refractivity contribution is -0.121. The molecule has 2 heterocycles. The van der Waals surface area contributed by atoms with Crippen LogP contribution in [0.1, 0.15) is 5.56 Å². The zero-order chi connectivity index (χ0) is 17.7. The van der Waals surface area contributed by atoms with E-state index in [2.05, 4.69) is 26.3 Å². The van der Waals surface area contributed by atoms with Crippen LogP contribution >= 0.6 is 15.9 Å². The fourth-order valence-corrected chi connectivity index (χ4v) is 3.24. The summed E-state index contributed by atoms with van der Waals surface area (Å²) in [5.74, 6) is -1.32. The summed E-state index contributed by atoms with van der Waals surface area (Å²) >= 11 is 3.43. The third kappa shape index (κ3) is 2.44. The summed E-state index contributed by atoms with van der Waals surface area (Å²) in [5.41, 5.74) is 1.98. The molecule has 2 aromatic rings. The highest BCUT2D eigenvalue weighted by Crippen LogP contribution is 2.35. The molecule has 0 aliphatic carbocycles. The van der Waals surface area contributed by atoms with E-state index >= 15 is 0 Å². The molecule has 2 aliphatic rings. The predicted molar refractivity (Wildman–Crippen MR) is 92.7 cm³/mol. The molecule has 1 fully saturated rings. The number of hydrogen-bond acceptors (Lipinski definition) is 5. The molecule has 126 valence electrons. The smallest absolute Gasteiger partial charge is 0.263 e. The van der Waals surface area contributed by atoms with Crippen LogP contribution in [0.25, 0.3) is 0 Å². The van der Waals surface area contributed by atoms with Crippen LogP contribution in [0.3, 0.4) is 0 Å². The van der Waals surface area contributed by atoms with E-state index in [0.717, 1.165) is 14.9 Å². The summed E-state index contributed by atoms with van der Waals surface area (Å²) in [7, 11) is 0. The van der Waals surface area contributed by atoms with Crippen LogP contribution in [0.15, 0.2) is 57.3 Å². The topological polar surface area (TPSA) is 65.3 Å². The third-order valence-corrected chi connectivity index (χ3v) is 5.16. The molecule has 2 aromatic carbocycles. The molecule has 2 atom stereocenters. The minimum atomic E-state index is -0.887. The number of fused-ring (bicyclic) bond motifs is 1. The summed E-state index contributed by atoms with van der Waals surface area (Å²) < 4.78 is 14.1. The zero-order valence-corrected chi connectivity index (χ0v) is 14.6. The number of halogens is 2. The average molecular weight is 403 g/mol. The second-order valence-electron chi connectivity index (χ2n) is 5.86. The Morgan fingerprint density at radius 3 is 2.40 bits per heavy atom. The van der Waals surface area contributed by atoms with E-state index in [0.29, 0.717) is 11.4 Å². The highest BCUT2D eigenvalue weighted by molar-refractivity contribution is 9.10. The molecule has 0 unspecified atom stereocenters. The lowest BCUT2D eigenvalue weighted by Gasteiger charge is -2.21. The maximum atomic E-state index is 13.1. The van der Waals surface area contributed by atoms with Crippen molar-refractivity contribution in [2.45, 2.75) is 19.0 Å². The first-order valence-electron chi connectivity index (χ1n) is 7.57. The molecule has 0 N–H and O–H groups in total. The van der Waals surface area contributed by atoms with Gasteiger partial charge in [0.05, 0.1) is 11.4 Å². The van der Waals surface area contributed by atoms with Gasteiger partial charge in [-0.3, -0.25) is 9.59 Å². The van der Waals surface area contributed by atoms with Gasteiger partial charge in [0.15, 0.2) is 12.1 Å². The number of carbonyl (C=O) groups is 2. The van der Waals surface area contributed by atoms with Crippen molar-refractivity contribution < 1.29 is 14.0 Å². The molecule has 0 bridgehead atoms. The molecule has 4 rings (SSSR count). The SMILES string of the molecule is Cc1cc(N2N=N[C@@H]3C(=O)N(c4ccc(F)cc4)C(=O)[C@H]32)ccc1Br. The first kappa shape index (κ1) is 15.9. The molecule has 2 aliphatic heterocycles. The van der Waals surface area contributed by atoms with E-state index in [1.807, 2.05) is 19.1 Å². The lowest BCUT2D eigenvalue weighted by atomic mass is 10.1. The monoisotopic (exact) mass is 402 g/mol. The van der Waals surface area contributed by atoms with Gasteiger partial charge in [-0.15, -0.1) is 0 Å². The minimum absolute atomic E-state index is 0.327. The average Bonchev–Trinajstić information content (AvgIpc) is 3.13. The Bertz CT molecular complexity index is 915. The van der Waals surface area contributed by atoms with Gasteiger partial charge in [0, 0.05) is 4.47 Å². The van der Waals surface area contributed by atoms with Crippen molar-refractivity contribution in [2.75, 3.05) is 9.91 Å². The second kappa shape index (κ2) is 5.73. The Morgan fingerprint density at radius 2 is 1.72 bits per heavy atom. The van der Waals surface area contributed by atoms with Crippen LogP contribution < -0.4 is 9.91 Å². The van der Waals surface area contributed by atoms with Crippen molar-refractivity contribution in [1.29, 1.82) is 0 Å².